The van der Waals surface area contributed by atoms with Gasteiger partial charge < -0.3 is 14.7 Å². The topological polar surface area (TPSA) is 129 Å². The molecule has 1 fully saturated rings. The van der Waals surface area contributed by atoms with Gasteiger partial charge in [-0.2, -0.15) is 4.31 Å². The third-order valence-corrected chi connectivity index (χ3v) is 11.2. The molecular formula is C28H33ClN4O6S2. The Balaban J connectivity index is 1.46. The normalized spacial score (nSPS) is 22.2. The van der Waals surface area contributed by atoms with Crippen molar-refractivity contribution in [3.63, 3.8) is 0 Å². The minimum atomic E-state index is -3.99. The molecule has 1 aromatic heterocycles. The number of nitrogens with zero attached hydrogens (tertiary/aromatic N) is 3. The summed E-state index contributed by atoms with van der Waals surface area (Å²) in [5, 5.41) is 11.2. The van der Waals surface area contributed by atoms with Crippen LogP contribution < -0.4 is 9.46 Å². The summed E-state index contributed by atoms with van der Waals surface area (Å²) in [6.45, 7) is 1.33. The minimum Gasteiger partial charge on any atom is -0.492 e. The van der Waals surface area contributed by atoms with Gasteiger partial charge in [-0.05, 0) is 67.4 Å². The zero-order valence-corrected chi connectivity index (χ0v) is 25.0. The average Bonchev–Trinajstić information content (AvgIpc) is 2.95. The highest BCUT2D eigenvalue weighted by Crippen LogP contribution is 2.38. The predicted molar refractivity (Wildman–Crippen MR) is 156 cm³/mol. The number of hydrogen-bond acceptors (Lipinski definition) is 8. The molecule has 2 aromatic carbocycles. The van der Waals surface area contributed by atoms with Crippen molar-refractivity contribution < 1.29 is 26.7 Å². The third kappa shape index (κ3) is 6.75. The van der Waals surface area contributed by atoms with E-state index in [-0.39, 0.29) is 48.3 Å². The number of pyridine rings is 1. The summed E-state index contributed by atoms with van der Waals surface area (Å²) in [4.78, 5) is 6.02. The molecule has 0 aliphatic carbocycles. The molecule has 1 unspecified atom stereocenters. The van der Waals surface area contributed by atoms with Crippen LogP contribution in [0.15, 0.2) is 76.8 Å². The highest BCUT2D eigenvalue weighted by atomic mass is 35.5. The summed E-state index contributed by atoms with van der Waals surface area (Å²) in [6.07, 6.45) is 2.92. The lowest BCUT2D eigenvalue weighted by Crippen LogP contribution is -2.51. The van der Waals surface area contributed by atoms with Crippen molar-refractivity contribution in [3.8, 4) is 16.9 Å². The number of nitrogens with one attached hydrogen (secondary N) is 1. The number of benzene rings is 2. The van der Waals surface area contributed by atoms with E-state index >= 15 is 0 Å². The Hall–Kier alpha value is -2.58. The average molecular weight is 621 g/mol. The van der Waals surface area contributed by atoms with Crippen molar-refractivity contribution in [2.24, 2.45) is 5.41 Å². The summed E-state index contributed by atoms with van der Waals surface area (Å²) >= 11 is 6.05. The highest BCUT2D eigenvalue weighted by molar-refractivity contribution is 7.89. The molecule has 0 bridgehead atoms. The van der Waals surface area contributed by atoms with Crippen LogP contribution in [0.4, 0.5) is 0 Å². The van der Waals surface area contributed by atoms with Gasteiger partial charge in [0.05, 0.1) is 12.7 Å². The highest BCUT2D eigenvalue weighted by Gasteiger charge is 2.41. The quantitative estimate of drug-likeness (QED) is 0.457. The molecule has 41 heavy (non-hydrogen) atoms. The Labute approximate surface area is 246 Å². The summed E-state index contributed by atoms with van der Waals surface area (Å²) < 4.78 is 63.3. The Kier molecular flexibility index (Phi) is 8.72. The molecule has 1 saturated heterocycles. The summed E-state index contributed by atoms with van der Waals surface area (Å²) in [6, 6.07) is 15.2. The van der Waals surface area contributed by atoms with Gasteiger partial charge in [0.25, 0.3) is 0 Å². The maximum atomic E-state index is 13.3. The van der Waals surface area contributed by atoms with Gasteiger partial charge in [-0.3, -0.25) is 4.98 Å². The van der Waals surface area contributed by atoms with Crippen LogP contribution >= 0.6 is 11.6 Å². The van der Waals surface area contributed by atoms with Gasteiger partial charge in [0.2, 0.25) is 20.0 Å². The van der Waals surface area contributed by atoms with Crippen LogP contribution in [0.2, 0.25) is 5.02 Å². The fraction of sp³-hybridized carbons (Fsp3) is 0.393. The number of fused-ring (bicyclic) bond motifs is 1. The number of hydrogen-bond donors (Lipinski definition) is 2. The van der Waals surface area contributed by atoms with E-state index < -0.39 is 31.6 Å². The third-order valence-electron chi connectivity index (χ3n) is 7.64. The van der Waals surface area contributed by atoms with Crippen molar-refractivity contribution in [2.75, 3.05) is 46.4 Å². The van der Waals surface area contributed by atoms with E-state index in [4.69, 9.17) is 16.3 Å². The van der Waals surface area contributed by atoms with E-state index in [0.29, 0.717) is 24.4 Å². The van der Waals surface area contributed by atoms with E-state index in [1.807, 2.05) is 24.1 Å². The van der Waals surface area contributed by atoms with E-state index in [1.165, 1.54) is 28.8 Å². The molecule has 10 nitrogen and oxygen atoms in total. The number of sulfonamides is 2. The Morgan fingerprint density at radius 1 is 1.10 bits per heavy atom. The fourth-order valence-electron chi connectivity index (χ4n) is 5.44. The smallest absolute Gasteiger partial charge is 0.244 e. The molecular weight excluding hydrogens is 588 g/mol. The second-order valence-corrected chi connectivity index (χ2v) is 14.9. The molecule has 0 saturated carbocycles. The summed E-state index contributed by atoms with van der Waals surface area (Å²) in [5.41, 5.74) is 1.11. The standard InChI is InChI=1S/C28H33ClN4O6S2/c1-32-18-24(34)16-31-40(35,36)27-9-6-22(21-4-7-23(29)8-5-21)15-26(27)39-20-28(19-32)10-13-33(14-11-28)41(37,38)25-3-2-12-30-17-25/h2-9,12,15,17,24,31,34H,10-11,13-14,16,18-20H2,1H3. The molecule has 220 valence electrons. The van der Waals surface area contributed by atoms with E-state index in [0.717, 1.165) is 11.1 Å². The number of halogens is 1. The lowest BCUT2D eigenvalue weighted by Gasteiger charge is -2.43. The first-order valence-corrected chi connectivity index (χ1v) is 16.6. The molecule has 1 atom stereocenters. The van der Waals surface area contributed by atoms with Crippen LogP contribution in [0.3, 0.4) is 0 Å². The van der Waals surface area contributed by atoms with E-state index in [9.17, 15) is 21.9 Å². The maximum absolute atomic E-state index is 13.3. The van der Waals surface area contributed by atoms with E-state index in [2.05, 4.69) is 9.71 Å². The molecule has 1 spiro atoms. The van der Waals surface area contributed by atoms with Crippen LogP contribution in [-0.2, 0) is 20.0 Å². The molecule has 5 rings (SSSR count). The number of likely N-dealkylation sites (N-methyl/N-ethyl adjacent to an activating group) is 1. The first-order chi connectivity index (χ1) is 19.5. The summed E-state index contributed by atoms with van der Waals surface area (Å²) in [5.74, 6) is 0.187. The number of aliphatic hydroxyl groups is 1. The first-order valence-electron chi connectivity index (χ1n) is 13.3. The minimum absolute atomic E-state index is 0.0249. The molecule has 0 amide bonds. The lowest BCUT2D eigenvalue weighted by atomic mass is 9.79. The van der Waals surface area contributed by atoms with Gasteiger partial charge in [0.1, 0.15) is 15.5 Å². The van der Waals surface area contributed by atoms with Crippen LogP contribution in [0, 0.1) is 5.41 Å². The van der Waals surface area contributed by atoms with Crippen LogP contribution in [0.5, 0.6) is 5.75 Å². The Morgan fingerprint density at radius 2 is 1.80 bits per heavy atom. The van der Waals surface area contributed by atoms with Crippen LogP contribution in [-0.4, -0.2) is 88.6 Å². The molecule has 0 radical (unpaired) electrons. The monoisotopic (exact) mass is 620 g/mol. The zero-order chi connectivity index (χ0) is 29.3. The zero-order valence-electron chi connectivity index (χ0n) is 22.6. The maximum Gasteiger partial charge on any atom is 0.244 e. The SMILES string of the molecule is CN1CC(O)CNS(=O)(=O)c2ccc(-c3ccc(Cl)cc3)cc2OCC2(CCN(S(=O)(=O)c3cccnc3)CC2)C1. The number of rotatable bonds is 3. The van der Waals surface area contributed by atoms with Gasteiger partial charge in [-0.15, -0.1) is 0 Å². The second-order valence-electron chi connectivity index (χ2n) is 10.8. The first kappa shape index (κ1) is 29.9. The number of aliphatic hydroxyl groups excluding tert-OH is 1. The molecule has 2 aliphatic rings. The Bertz CT molecular complexity index is 1580. The van der Waals surface area contributed by atoms with Gasteiger partial charge in [-0.25, -0.2) is 21.6 Å². The van der Waals surface area contributed by atoms with Crippen molar-refractivity contribution in [1.82, 2.24) is 18.9 Å². The predicted octanol–water partition coefficient (Wildman–Crippen LogP) is 2.84. The number of aromatic nitrogens is 1. The molecule has 2 N–H and O–H groups in total. The van der Waals surface area contributed by atoms with Crippen molar-refractivity contribution in [1.29, 1.82) is 0 Å². The van der Waals surface area contributed by atoms with Gasteiger partial charge in [-0.1, -0.05) is 29.8 Å². The molecule has 3 heterocycles. The number of ether oxygens (including phenoxy) is 1. The molecule has 2 aliphatic heterocycles. The number of β-amino-alcohol motifs (C(OH)–C–C–N with tert-alkyl or cyclic N) is 1. The summed E-state index contributed by atoms with van der Waals surface area (Å²) in [7, 11) is -5.84. The van der Waals surface area contributed by atoms with Gasteiger partial charge in [0.15, 0.2) is 0 Å². The molecule has 13 heteroatoms. The van der Waals surface area contributed by atoms with Crippen molar-refractivity contribution in [3.05, 3.63) is 72.0 Å². The Morgan fingerprint density at radius 3 is 2.49 bits per heavy atom. The van der Waals surface area contributed by atoms with E-state index in [1.54, 1.807) is 30.3 Å². The van der Waals surface area contributed by atoms with Crippen molar-refractivity contribution >= 4 is 31.6 Å². The van der Waals surface area contributed by atoms with Crippen LogP contribution in [0.1, 0.15) is 12.8 Å². The van der Waals surface area contributed by atoms with Crippen molar-refractivity contribution in [2.45, 2.75) is 28.7 Å². The van der Waals surface area contributed by atoms with Crippen LogP contribution in [0.25, 0.3) is 11.1 Å². The van der Waals surface area contributed by atoms with Gasteiger partial charge >= 0.3 is 0 Å². The fourth-order valence-corrected chi connectivity index (χ4v) is 8.17. The lowest BCUT2D eigenvalue weighted by molar-refractivity contribution is 0.0318. The second kappa shape index (κ2) is 12.0. The molecule has 3 aromatic rings. The van der Waals surface area contributed by atoms with Gasteiger partial charge in [0, 0.05) is 55.6 Å². The number of piperidine rings is 1. The largest absolute Gasteiger partial charge is 0.492 e.